The van der Waals surface area contributed by atoms with Gasteiger partial charge in [0.15, 0.2) is 0 Å². The zero-order valence-corrected chi connectivity index (χ0v) is 11.8. The van der Waals surface area contributed by atoms with Crippen LogP contribution in [-0.4, -0.2) is 41.4 Å². The Kier molecular flexibility index (Phi) is 3.29. The Morgan fingerprint density at radius 3 is 2.55 bits per heavy atom. The number of nitrogens with zero attached hydrogens (tertiary/aromatic N) is 3. The van der Waals surface area contributed by atoms with Crippen LogP contribution in [0.4, 0.5) is 17.1 Å². The summed E-state index contributed by atoms with van der Waals surface area (Å²) in [7, 11) is 1.75. The summed E-state index contributed by atoms with van der Waals surface area (Å²) in [4.78, 5) is 26.2. The number of hydrogen-bond donors (Lipinski definition) is 1. The number of hydrogen-bond acceptors (Lipinski definition) is 5. The first-order chi connectivity index (χ1) is 9.23. The Hall–Kier alpha value is -2.31. The lowest BCUT2D eigenvalue weighted by Crippen LogP contribution is -2.62. The van der Waals surface area contributed by atoms with Gasteiger partial charge in [-0.25, -0.2) is 0 Å². The standard InChI is InChI=1S/C13H18N4O3/c1-13(2)12(18)15(3)4-5-16(13)10-6-9(14)7-11(8-10)17(19)20/h6-8H,4-5,14H2,1-3H3. The molecule has 7 heteroatoms. The van der Waals surface area contributed by atoms with Crippen LogP contribution >= 0.6 is 0 Å². The molecule has 1 aliphatic rings. The molecule has 0 radical (unpaired) electrons. The molecule has 0 unspecified atom stereocenters. The number of anilines is 2. The van der Waals surface area contributed by atoms with Gasteiger partial charge in [0.05, 0.1) is 4.92 Å². The van der Waals surface area contributed by atoms with Gasteiger partial charge in [0.2, 0.25) is 5.91 Å². The Balaban J connectivity index is 2.45. The molecule has 0 aliphatic carbocycles. The number of carbonyl (C=O) groups excluding carboxylic acids is 1. The molecule has 1 fully saturated rings. The number of nitro groups is 1. The van der Waals surface area contributed by atoms with Gasteiger partial charge in [-0.05, 0) is 19.9 Å². The topological polar surface area (TPSA) is 92.7 Å². The Morgan fingerprint density at radius 2 is 1.95 bits per heavy atom. The summed E-state index contributed by atoms with van der Waals surface area (Å²) < 4.78 is 0. The lowest BCUT2D eigenvalue weighted by atomic mass is 9.96. The Labute approximate surface area is 117 Å². The van der Waals surface area contributed by atoms with Crippen LogP contribution in [0.3, 0.4) is 0 Å². The van der Waals surface area contributed by atoms with Crippen molar-refractivity contribution in [2.24, 2.45) is 0 Å². The van der Waals surface area contributed by atoms with Crippen LogP contribution in [0.1, 0.15) is 13.8 Å². The van der Waals surface area contributed by atoms with Crippen molar-refractivity contribution in [1.82, 2.24) is 4.90 Å². The van der Waals surface area contributed by atoms with Crippen LogP contribution in [0.2, 0.25) is 0 Å². The molecule has 1 amide bonds. The number of carbonyl (C=O) groups is 1. The van der Waals surface area contributed by atoms with Gasteiger partial charge in [-0.2, -0.15) is 0 Å². The third-order valence-electron chi connectivity index (χ3n) is 3.65. The zero-order chi connectivity index (χ0) is 15.1. The van der Waals surface area contributed by atoms with Crippen LogP contribution in [0.5, 0.6) is 0 Å². The Morgan fingerprint density at radius 1 is 1.30 bits per heavy atom. The van der Waals surface area contributed by atoms with Gasteiger partial charge in [0, 0.05) is 43.6 Å². The van der Waals surface area contributed by atoms with E-state index >= 15 is 0 Å². The van der Waals surface area contributed by atoms with Crippen molar-refractivity contribution in [3.63, 3.8) is 0 Å². The molecule has 1 aromatic rings. The molecule has 7 nitrogen and oxygen atoms in total. The van der Waals surface area contributed by atoms with Crippen molar-refractivity contribution >= 4 is 23.0 Å². The first-order valence-corrected chi connectivity index (χ1v) is 6.31. The molecule has 0 spiro atoms. The molecule has 1 aliphatic heterocycles. The van der Waals surface area contributed by atoms with Crippen LogP contribution in [0.15, 0.2) is 18.2 Å². The monoisotopic (exact) mass is 278 g/mol. The highest BCUT2D eigenvalue weighted by Crippen LogP contribution is 2.32. The van der Waals surface area contributed by atoms with Crippen molar-refractivity contribution in [1.29, 1.82) is 0 Å². The smallest absolute Gasteiger partial charge is 0.273 e. The predicted molar refractivity (Wildman–Crippen MR) is 76.6 cm³/mol. The fourth-order valence-corrected chi connectivity index (χ4v) is 2.54. The Bertz CT molecular complexity index is 571. The molecule has 2 N–H and O–H groups in total. The van der Waals surface area contributed by atoms with Crippen molar-refractivity contribution in [3.05, 3.63) is 28.3 Å². The van der Waals surface area contributed by atoms with E-state index in [0.29, 0.717) is 24.5 Å². The number of nitrogens with two attached hydrogens (primary N) is 1. The molecule has 0 saturated carbocycles. The highest BCUT2D eigenvalue weighted by atomic mass is 16.6. The first kappa shape index (κ1) is 14.1. The van der Waals surface area contributed by atoms with E-state index in [4.69, 9.17) is 5.73 Å². The zero-order valence-electron chi connectivity index (χ0n) is 11.8. The quantitative estimate of drug-likeness (QED) is 0.499. The van der Waals surface area contributed by atoms with Gasteiger partial charge in [-0.3, -0.25) is 14.9 Å². The molecule has 1 saturated heterocycles. The third-order valence-corrected chi connectivity index (χ3v) is 3.65. The molecule has 2 rings (SSSR count). The summed E-state index contributed by atoms with van der Waals surface area (Å²) in [6.07, 6.45) is 0. The van der Waals surface area contributed by atoms with Crippen LogP contribution in [0.25, 0.3) is 0 Å². The fraction of sp³-hybridized carbons (Fsp3) is 0.462. The predicted octanol–water partition coefficient (Wildman–Crippen LogP) is 1.23. The normalized spacial score (nSPS) is 18.2. The van der Waals surface area contributed by atoms with Gasteiger partial charge >= 0.3 is 0 Å². The van der Waals surface area contributed by atoms with Gasteiger partial charge in [-0.15, -0.1) is 0 Å². The van der Waals surface area contributed by atoms with E-state index in [0.717, 1.165) is 0 Å². The summed E-state index contributed by atoms with van der Waals surface area (Å²) >= 11 is 0. The van der Waals surface area contributed by atoms with Crippen molar-refractivity contribution in [3.8, 4) is 0 Å². The number of non-ortho nitro benzene ring substituents is 1. The maximum Gasteiger partial charge on any atom is 0.273 e. The molecular weight excluding hydrogens is 260 g/mol. The SMILES string of the molecule is CN1CCN(c2cc(N)cc([N+](=O)[O-])c2)C(C)(C)C1=O. The average Bonchev–Trinajstić information content (AvgIpc) is 2.35. The summed E-state index contributed by atoms with van der Waals surface area (Å²) in [5.74, 6) is -0.0196. The maximum absolute atomic E-state index is 12.3. The molecular formula is C13H18N4O3. The highest BCUT2D eigenvalue weighted by Gasteiger charge is 2.40. The van der Waals surface area contributed by atoms with E-state index in [2.05, 4.69) is 0 Å². The highest BCUT2D eigenvalue weighted by molar-refractivity contribution is 5.90. The largest absolute Gasteiger partial charge is 0.398 e. The molecule has 20 heavy (non-hydrogen) atoms. The number of benzene rings is 1. The number of rotatable bonds is 2. The number of likely N-dealkylation sites (N-methyl/N-ethyl adjacent to an activating group) is 1. The number of piperazine rings is 1. The summed E-state index contributed by atoms with van der Waals surface area (Å²) in [5, 5.41) is 10.9. The molecule has 1 heterocycles. The second kappa shape index (κ2) is 4.66. The van der Waals surface area contributed by atoms with Crippen molar-refractivity contribution in [2.45, 2.75) is 19.4 Å². The van der Waals surface area contributed by atoms with Crippen molar-refractivity contribution < 1.29 is 9.72 Å². The summed E-state index contributed by atoms with van der Waals surface area (Å²) in [6, 6.07) is 4.43. The minimum atomic E-state index is -0.755. The minimum absolute atomic E-state index is 0.0196. The van der Waals surface area contributed by atoms with Crippen molar-refractivity contribution in [2.75, 3.05) is 30.8 Å². The third kappa shape index (κ3) is 2.26. The molecule has 108 valence electrons. The maximum atomic E-state index is 12.3. The number of amides is 1. The van der Waals surface area contributed by atoms with E-state index in [1.54, 1.807) is 31.9 Å². The second-order valence-electron chi connectivity index (χ2n) is 5.48. The minimum Gasteiger partial charge on any atom is -0.398 e. The van der Waals surface area contributed by atoms with E-state index < -0.39 is 10.5 Å². The lowest BCUT2D eigenvalue weighted by molar-refractivity contribution is -0.384. The fourth-order valence-electron chi connectivity index (χ4n) is 2.54. The van der Waals surface area contributed by atoms with E-state index in [1.165, 1.54) is 12.1 Å². The molecule has 0 atom stereocenters. The van der Waals surface area contributed by atoms with Crippen LogP contribution in [0, 0.1) is 10.1 Å². The second-order valence-corrected chi connectivity index (χ2v) is 5.48. The number of nitro benzene ring substituents is 1. The summed E-state index contributed by atoms with van der Waals surface area (Å²) in [5.41, 5.74) is 5.82. The average molecular weight is 278 g/mol. The van der Waals surface area contributed by atoms with Crippen LogP contribution in [-0.2, 0) is 4.79 Å². The van der Waals surface area contributed by atoms with Gasteiger partial charge in [0.1, 0.15) is 5.54 Å². The molecule has 1 aromatic carbocycles. The van der Waals surface area contributed by atoms with E-state index in [9.17, 15) is 14.9 Å². The van der Waals surface area contributed by atoms with Gasteiger partial charge in [0.25, 0.3) is 5.69 Å². The van der Waals surface area contributed by atoms with Gasteiger partial charge < -0.3 is 15.5 Å². The number of nitrogen functional groups attached to an aromatic ring is 1. The van der Waals surface area contributed by atoms with E-state index in [1.807, 2.05) is 4.90 Å². The van der Waals surface area contributed by atoms with E-state index in [-0.39, 0.29) is 11.6 Å². The van der Waals surface area contributed by atoms with Crippen LogP contribution < -0.4 is 10.6 Å². The first-order valence-electron chi connectivity index (χ1n) is 6.31. The molecule has 0 aromatic heterocycles. The summed E-state index contributed by atoms with van der Waals surface area (Å²) in [6.45, 7) is 4.79. The molecule has 0 bridgehead atoms. The lowest BCUT2D eigenvalue weighted by Gasteiger charge is -2.46. The van der Waals surface area contributed by atoms with Gasteiger partial charge in [-0.1, -0.05) is 0 Å².